The van der Waals surface area contributed by atoms with Crippen molar-refractivity contribution in [1.82, 2.24) is 4.90 Å². The van der Waals surface area contributed by atoms with Gasteiger partial charge in [-0.2, -0.15) is 0 Å². The van der Waals surface area contributed by atoms with Crippen molar-refractivity contribution in [2.75, 3.05) is 20.1 Å². The number of piperidine rings is 1. The first-order chi connectivity index (χ1) is 4.33. The molecule has 0 N–H and O–H groups in total. The van der Waals surface area contributed by atoms with Crippen molar-refractivity contribution in [3.05, 3.63) is 0 Å². The maximum atomic E-state index is 5.18. The molecule has 2 nitrogen and oxygen atoms in total. The number of nitrogens with zero attached hydrogens (tertiary/aromatic N) is 1. The van der Waals surface area contributed by atoms with Crippen molar-refractivity contribution in [2.45, 2.75) is 18.9 Å². The zero-order valence-electron chi connectivity index (χ0n) is 5.64. The van der Waals surface area contributed by atoms with Crippen LogP contribution in [0.4, 0.5) is 0 Å². The van der Waals surface area contributed by atoms with Crippen LogP contribution in [0.15, 0.2) is 0 Å². The van der Waals surface area contributed by atoms with Gasteiger partial charge >= 0.3 is 0 Å². The van der Waals surface area contributed by atoms with Gasteiger partial charge in [0.05, 0.1) is 6.10 Å². The zero-order chi connectivity index (χ0) is 6.69. The van der Waals surface area contributed by atoms with Crippen molar-refractivity contribution in [2.24, 2.45) is 0 Å². The molecule has 0 spiro atoms. The summed E-state index contributed by atoms with van der Waals surface area (Å²) in [5.41, 5.74) is 0. The Kier molecular flexibility index (Phi) is 3.21. The van der Waals surface area contributed by atoms with Crippen LogP contribution in [0.25, 0.3) is 0 Å². The second-order valence-electron chi connectivity index (χ2n) is 2.59. The molecule has 0 aliphatic carbocycles. The first kappa shape index (κ1) is 7.75. The largest absolute Gasteiger partial charge is 0.312 e. The quantitative estimate of drug-likeness (QED) is 0.644. The molecular weight excluding hydrogens is 229 g/mol. The molecule has 0 bridgehead atoms. The summed E-state index contributed by atoms with van der Waals surface area (Å²) < 4.78 is 5.18. The standard InChI is InChI=1S/C6H12INO/c1-8-4-2-6(9-7)3-5-8/h6H,2-5H2,1H3. The first-order valence-electron chi connectivity index (χ1n) is 3.29. The van der Waals surface area contributed by atoms with Crippen LogP contribution in [0, 0.1) is 0 Å². The Bertz CT molecular complexity index is 81.1. The summed E-state index contributed by atoms with van der Waals surface area (Å²) in [5, 5.41) is 0. The van der Waals surface area contributed by atoms with E-state index in [9.17, 15) is 0 Å². The van der Waals surface area contributed by atoms with Crippen LogP contribution in [0.2, 0.25) is 0 Å². The Hall–Kier alpha value is 0.650. The SMILES string of the molecule is CN1CCC(OI)CC1. The zero-order valence-corrected chi connectivity index (χ0v) is 7.80. The molecule has 3 heteroatoms. The van der Waals surface area contributed by atoms with Gasteiger partial charge in [-0.1, -0.05) is 0 Å². The number of hydrogen-bond donors (Lipinski definition) is 0. The summed E-state index contributed by atoms with van der Waals surface area (Å²) in [7, 11) is 2.16. The first-order valence-corrected chi connectivity index (χ1v) is 4.17. The lowest BCUT2D eigenvalue weighted by molar-refractivity contribution is 0.153. The molecule has 0 saturated carbocycles. The summed E-state index contributed by atoms with van der Waals surface area (Å²) in [6.07, 6.45) is 2.90. The summed E-state index contributed by atoms with van der Waals surface area (Å²) in [4.78, 5) is 2.34. The van der Waals surface area contributed by atoms with Gasteiger partial charge in [0.1, 0.15) is 23.0 Å². The Labute approximate surface area is 70.2 Å². The third-order valence-corrected chi connectivity index (χ3v) is 2.51. The average Bonchev–Trinajstić information content (AvgIpc) is 1.90. The molecule has 1 rings (SSSR count). The number of hydrogen-bond acceptors (Lipinski definition) is 2. The predicted octanol–water partition coefficient (Wildman–Crippen LogP) is 1.45. The van der Waals surface area contributed by atoms with Crippen molar-refractivity contribution >= 4 is 23.0 Å². The lowest BCUT2D eigenvalue weighted by Crippen LogP contribution is -2.32. The Balaban J connectivity index is 2.18. The second kappa shape index (κ2) is 3.73. The van der Waals surface area contributed by atoms with Crippen molar-refractivity contribution in [3.63, 3.8) is 0 Å². The van der Waals surface area contributed by atoms with E-state index in [0.717, 1.165) is 0 Å². The van der Waals surface area contributed by atoms with E-state index < -0.39 is 0 Å². The van der Waals surface area contributed by atoms with Gasteiger partial charge in [0, 0.05) is 13.1 Å². The topological polar surface area (TPSA) is 12.5 Å². The third kappa shape index (κ3) is 2.39. The van der Waals surface area contributed by atoms with E-state index in [2.05, 4.69) is 11.9 Å². The van der Waals surface area contributed by atoms with Gasteiger partial charge < -0.3 is 7.97 Å². The van der Waals surface area contributed by atoms with Gasteiger partial charge in [-0.25, -0.2) is 0 Å². The van der Waals surface area contributed by atoms with Gasteiger partial charge in [-0.05, 0) is 19.9 Å². The molecular formula is C6H12INO. The molecule has 0 aromatic carbocycles. The number of halogens is 1. The van der Waals surface area contributed by atoms with Gasteiger partial charge in [0.15, 0.2) is 0 Å². The lowest BCUT2D eigenvalue weighted by atomic mass is 10.1. The van der Waals surface area contributed by atoms with Crippen LogP contribution in [0.3, 0.4) is 0 Å². The molecule has 1 heterocycles. The summed E-state index contributed by atoms with van der Waals surface area (Å²) >= 11 is 2.00. The van der Waals surface area contributed by atoms with Crippen molar-refractivity contribution in [1.29, 1.82) is 0 Å². The average molecular weight is 241 g/mol. The highest BCUT2D eigenvalue weighted by molar-refractivity contribution is 14.1. The van der Waals surface area contributed by atoms with Crippen LogP contribution in [0.5, 0.6) is 0 Å². The third-order valence-electron chi connectivity index (χ3n) is 1.79. The van der Waals surface area contributed by atoms with Gasteiger partial charge in [-0.15, -0.1) is 0 Å². The van der Waals surface area contributed by atoms with E-state index in [1.54, 1.807) is 0 Å². The molecule has 1 aliphatic heterocycles. The molecule has 54 valence electrons. The van der Waals surface area contributed by atoms with E-state index in [4.69, 9.17) is 3.07 Å². The monoisotopic (exact) mass is 241 g/mol. The predicted molar refractivity (Wildman–Crippen MR) is 45.6 cm³/mol. The van der Waals surface area contributed by atoms with Gasteiger partial charge in [0.25, 0.3) is 0 Å². The molecule has 0 aromatic rings. The summed E-state index contributed by atoms with van der Waals surface area (Å²) in [6, 6.07) is 0. The van der Waals surface area contributed by atoms with Crippen LogP contribution >= 0.6 is 23.0 Å². The molecule has 0 unspecified atom stereocenters. The van der Waals surface area contributed by atoms with E-state index in [1.807, 2.05) is 23.0 Å². The van der Waals surface area contributed by atoms with E-state index in [1.165, 1.54) is 25.9 Å². The van der Waals surface area contributed by atoms with E-state index in [-0.39, 0.29) is 0 Å². The normalized spacial score (nSPS) is 24.7. The Morgan fingerprint density at radius 3 is 2.44 bits per heavy atom. The highest BCUT2D eigenvalue weighted by Gasteiger charge is 2.15. The highest BCUT2D eigenvalue weighted by atomic mass is 127. The maximum Gasteiger partial charge on any atom is 0.110 e. The fourth-order valence-corrected chi connectivity index (χ4v) is 1.58. The summed E-state index contributed by atoms with van der Waals surface area (Å²) in [6.45, 7) is 2.38. The molecule has 0 amide bonds. The number of likely N-dealkylation sites (tertiary alicyclic amines) is 1. The minimum absolute atomic E-state index is 0.516. The summed E-state index contributed by atoms with van der Waals surface area (Å²) in [5.74, 6) is 0. The van der Waals surface area contributed by atoms with E-state index >= 15 is 0 Å². The van der Waals surface area contributed by atoms with Crippen molar-refractivity contribution in [3.8, 4) is 0 Å². The van der Waals surface area contributed by atoms with Gasteiger partial charge in [0.2, 0.25) is 0 Å². The Morgan fingerprint density at radius 2 is 2.00 bits per heavy atom. The number of rotatable bonds is 1. The van der Waals surface area contributed by atoms with Gasteiger partial charge in [-0.3, -0.25) is 0 Å². The molecule has 9 heavy (non-hydrogen) atoms. The minimum Gasteiger partial charge on any atom is -0.312 e. The van der Waals surface area contributed by atoms with Crippen LogP contribution in [0.1, 0.15) is 12.8 Å². The van der Waals surface area contributed by atoms with Crippen LogP contribution in [-0.2, 0) is 3.07 Å². The van der Waals surface area contributed by atoms with Crippen molar-refractivity contribution < 1.29 is 3.07 Å². The van der Waals surface area contributed by atoms with E-state index in [0.29, 0.717) is 6.10 Å². The molecule has 1 aliphatic rings. The van der Waals surface area contributed by atoms with Crippen LogP contribution < -0.4 is 0 Å². The van der Waals surface area contributed by atoms with Crippen LogP contribution in [-0.4, -0.2) is 31.1 Å². The fraction of sp³-hybridized carbons (Fsp3) is 1.00. The molecule has 0 radical (unpaired) electrons. The molecule has 0 aromatic heterocycles. The highest BCUT2D eigenvalue weighted by Crippen LogP contribution is 2.13. The molecule has 0 atom stereocenters. The lowest BCUT2D eigenvalue weighted by Gasteiger charge is -2.26. The Morgan fingerprint density at radius 1 is 1.44 bits per heavy atom. The molecule has 1 saturated heterocycles. The smallest absolute Gasteiger partial charge is 0.110 e. The maximum absolute atomic E-state index is 5.18. The molecule has 1 fully saturated rings. The minimum atomic E-state index is 0.516. The fourth-order valence-electron chi connectivity index (χ4n) is 1.07. The second-order valence-corrected chi connectivity index (χ2v) is 3.10.